The molecule has 1 aromatic carbocycles. The highest BCUT2D eigenvalue weighted by Crippen LogP contribution is 2.49. The molecule has 0 saturated heterocycles. The smallest absolute Gasteiger partial charge is 0.243 e. The van der Waals surface area contributed by atoms with Crippen molar-refractivity contribution in [2.45, 2.75) is 24.8 Å². The number of hydrogen-bond acceptors (Lipinski definition) is 3. The van der Waals surface area contributed by atoms with Crippen molar-refractivity contribution in [2.24, 2.45) is 4.99 Å². The number of benzene rings is 1. The van der Waals surface area contributed by atoms with E-state index in [0.29, 0.717) is 12.5 Å². The van der Waals surface area contributed by atoms with Gasteiger partial charge in [0.2, 0.25) is 5.91 Å². The van der Waals surface area contributed by atoms with Crippen LogP contribution in [0.3, 0.4) is 0 Å². The average molecular weight is 577 g/mol. The second kappa shape index (κ2) is 10.6. The third kappa shape index (κ3) is 6.18. The number of carbonyl (C=O) groups is 1. The number of likely N-dealkylation sites (N-methyl/N-ethyl adjacent to an activating group) is 1. The zero-order chi connectivity index (χ0) is 19.3. The lowest BCUT2D eigenvalue weighted by atomic mass is 9.96. The van der Waals surface area contributed by atoms with Crippen LogP contribution in [0.2, 0.25) is 0 Å². The van der Waals surface area contributed by atoms with Crippen molar-refractivity contribution in [1.82, 2.24) is 15.5 Å². The van der Waals surface area contributed by atoms with Gasteiger partial charge in [0, 0.05) is 35.4 Å². The van der Waals surface area contributed by atoms with Crippen LogP contribution in [-0.2, 0) is 16.8 Å². The first-order valence-electron chi connectivity index (χ1n) is 9.00. The first-order valence-corrected chi connectivity index (χ1v) is 10.7. The molecule has 28 heavy (non-hydrogen) atoms. The van der Waals surface area contributed by atoms with Gasteiger partial charge in [-0.05, 0) is 35.9 Å². The molecule has 1 aromatic heterocycles. The van der Waals surface area contributed by atoms with E-state index in [4.69, 9.17) is 0 Å². The van der Waals surface area contributed by atoms with Gasteiger partial charge < -0.3 is 15.5 Å². The van der Waals surface area contributed by atoms with Crippen molar-refractivity contribution in [3.63, 3.8) is 0 Å². The van der Waals surface area contributed by atoms with Gasteiger partial charge in [0.05, 0.1) is 6.54 Å². The first kappa shape index (κ1) is 23.2. The Morgan fingerprint density at radius 3 is 2.57 bits per heavy atom. The van der Waals surface area contributed by atoms with Gasteiger partial charge in [-0.3, -0.25) is 4.79 Å². The maximum atomic E-state index is 11.9. The normalized spacial score (nSPS) is 14.8. The molecule has 152 valence electrons. The molecule has 0 spiro atoms. The molecule has 0 bridgehead atoms. The van der Waals surface area contributed by atoms with E-state index in [2.05, 4.69) is 61.2 Å². The molecular weight excluding hydrogens is 551 g/mol. The molecule has 1 fully saturated rings. The molecule has 2 N–H and O–H groups in total. The van der Waals surface area contributed by atoms with E-state index in [1.807, 2.05) is 12.1 Å². The van der Waals surface area contributed by atoms with Crippen LogP contribution >= 0.6 is 51.2 Å². The Labute approximate surface area is 196 Å². The van der Waals surface area contributed by atoms with Crippen LogP contribution in [0.15, 0.2) is 51.2 Å². The van der Waals surface area contributed by atoms with Crippen LogP contribution in [0, 0.1) is 0 Å². The average Bonchev–Trinajstić information content (AvgIpc) is 3.25. The molecule has 1 aliphatic carbocycles. The molecule has 0 aliphatic heterocycles. The molecule has 0 radical (unpaired) electrons. The maximum absolute atomic E-state index is 11.9. The molecule has 1 amide bonds. The molecule has 1 heterocycles. The van der Waals surface area contributed by atoms with E-state index in [1.165, 1.54) is 10.4 Å². The Hall–Kier alpha value is -1.13. The lowest BCUT2D eigenvalue weighted by Crippen LogP contribution is -2.41. The summed E-state index contributed by atoms with van der Waals surface area (Å²) in [5.41, 5.74) is 1.47. The molecule has 8 heteroatoms. The summed E-state index contributed by atoms with van der Waals surface area (Å²) in [5.74, 6) is 0.663. The molecular formula is C20H26BrIN4OS. The predicted molar refractivity (Wildman–Crippen MR) is 131 cm³/mol. The Kier molecular flexibility index (Phi) is 8.76. The summed E-state index contributed by atoms with van der Waals surface area (Å²) in [6.07, 6.45) is 2.30. The van der Waals surface area contributed by atoms with Crippen molar-refractivity contribution in [2.75, 3.05) is 27.2 Å². The number of thiophene rings is 1. The minimum atomic E-state index is -0.0147. The van der Waals surface area contributed by atoms with Crippen LogP contribution in [0.1, 0.15) is 23.3 Å². The molecule has 5 nitrogen and oxygen atoms in total. The van der Waals surface area contributed by atoms with Gasteiger partial charge in [0.25, 0.3) is 0 Å². The highest BCUT2D eigenvalue weighted by molar-refractivity contribution is 14.0. The predicted octanol–water partition coefficient (Wildman–Crippen LogP) is 3.98. The van der Waals surface area contributed by atoms with Gasteiger partial charge in [-0.15, -0.1) is 35.3 Å². The number of nitrogens with zero attached hydrogens (tertiary/aromatic N) is 2. The number of amides is 1. The number of nitrogens with one attached hydrogen (secondary N) is 2. The zero-order valence-corrected chi connectivity index (χ0v) is 20.8. The zero-order valence-electron chi connectivity index (χ0n) is 16.1. The van der Waals surface area contributed by atoms with Gasteiger partial charge in [-0.25, -0.2) is 4.99 Å². The fourth-order valence-electron chi connectivity index (χ4n) is 2.88. The van der Waals surface area contributed by atoms with Gasteiger partial charge in [-0.2, -0.15) is 0 Å². The Balaban J connectivity index is 0.00000280. The fraction of sp³-hybridized carbons (Fsp3) is 0.400. The summed E-state index contributed by atoms with van der Waals surface area (Å²) in [6.45, 7) is 1.62. The number of aliphatic imine (C=N–C) groups is 1. The number of rotatable bonds is 7. The number of hydrogen-bond donors (Lipinski definition) is 2. The number of carbonyl (C=O) groups excluding carboxylic acids is 1. The van der Waals surface area contributed by atoms with E-state index in [0.717, 1.165) is 23.9 Å². The summed E-state index contributed by atoms with van der Waals surface area (Å²) in [6, 6.07) is 12.5. The third-order valence-corrected chi connectivity index (χ3v) is 6.34. The van der Waals surface area contributed by atoms with E-state index in [1.54, 1.807) is 30.3 Å². The lowest BCUT2D eigenvalue weighted by molar-refractivity contribution is -0.127. The van der Waals surface area contributed by atoms with Gasteiger partial charge in [-0.1, -0.05) is 40.2 Å². The molecule has 1 saturated carbocycles. The molecule has 2 aromatic rings. The topological polar surface area (TPSA) is 56.7 Å². The fourth-order valence-corrected chi connectivity index (χ4v) is 4.23. The van der Waals surface area contributed by atoms with Crippen LogP contribution < -0.4 is 10.6 Å². The quantitative estimate of drug-likeness (QED) is 0.298. The van der Waals surface area contributed by atoms with Crippen LogP contribution in [0.5, 0.6) is 0 Å². The highest BCUT2D eigenvalue weighted by Gasteiger charge is 2.45. The summed E-state index contributed by atoms with van der Waals surface area (Å²) in [4.78, 5) is 19.2. The van der Waals surface area contributed by atoms with Crippen molar-refractivity contribution in [1.29, 1.82) is 0 Å². The third-order valence-electron chi connectivity index (χ3n) is 4.77. The summed E-state index contributed by atoms with van der Waals surface area (Å²) < 4.78 is 1.15. The van der Waals surface area contributed by atoms with E-state index < -0.39 is 0 Å². The SMILES string of the molecule is CN(C)C(=O)CN=C(NCc1cccs1)NCC1(c2ccccc2Br)CC1.I. The van der Waals surface area contributed by atoms with Crippen molar-refractivity contribution >= 4 is 63.1 Å². The number of halogens is 2. The minimum Gasteiger partial charge on any atom is -0.355 e. The maximum Gasteiger partial charge on any atom is 0.243 e. The number of guanidine groups is 1. The Morgan fingerprint density at radius 1 is 1.21 bits per heavy atom. The Morgan fingerprint density at radius 2 is 1.96 bits per heavy atom. The summed E-state index contributed by atoms with van der Waals surface area (Å²) >= 11 is 5.38. The van der Waals surface area contributed by atoms with Crippen molar-refractivity contribution in [3.8, 4) is 0 Å². The molecule has 3 rings (SSSR count). The second-order valence-corrected chi connectivity index (χ2v) is 8.89. The van der Waals surface area contributed by atoms with E-state index in [-0.39, 0.29) is 41.8 Å². The van der Waals surface area contributed by atoms with Gasteiger partial charge in [0.1, 0.15) is 6.54 Å². The van der Waals surface area contributed by atoms with Crippen molar-refractivity contribution < 1.29 is 4.79 Å². The summed E-state index contributed by atoms with van der Waals surface area (Å²) in [5, 5.41) is 8.87. The lowest BCUT2D eigenvalue weighted by Gasteiger charge is -2.20. The van der Waals surface area contributed by atoms with E-state index in [9.17, 15) is 4.79 Å². The second-order valence-electron chi connectivity index (χ2n) is 7.00. The highest BCUT2D eigenvalue weighted by atomic mass is 127. The van der Waals surface area contributed by atoms with E-state index >= 15 is 0 Å². The van der Waals surface area contributed by atoms with Crippen molar-refractivity contribution in [3.05, 3.63) is 56.7 Å². The van der Waals surface area contributed by atoms with Crippen LogP contribution in [0.25, 0.3) is 0 Å². The Bertz CT molecular complexity index is 806. The van der Waals surface area contributed by atoms with Gasteiger partial charge >= 0.3 is 0 Å². The molecule has 0 atom stereocenters. The van der Waals surface area contributed by atoms with Gasteiger partial charge in [0.15, 0.2) is 5.96 Å². The minimum absolute atomic E-state index is 0. The van der Waals surface area contributed by atoms with Crippen LogP contribution in [0.4, 0.5) is 0 Å². The molecule has 0 unspecified atom stereocenters. The largest absolute Gasteiger partial charge is 0.355 e. The standard InChI is InChI=1S/C20H25BrN4OS.HI/c1-25(2)18(26)13-23-19(22-12-15-6-5-11-27-15)24-14-20(9-10-20)16-7-3-4-8-17(16)21;/h3-8,11H,9-10,12-14H2,1-2H3,(H2,22,23,24);1H. The first-order chi connectivity index (χ1) is 13.0. The van der Waals surface area contributed by atoms with Crippen LogP contribution in [-0.4, -0.2) is 44.0 Å². The monoisotopic (exact) mass is 576 g/mol. The molecule has 1 aliphatic rings. The summed E-state index contributed by atoms with van der Waals surface area (Å²) in [7, 11) is 3.49.